The first kappa shape index (κ1) is 14.4. The molecule has 0 aliphatic rings. The molecule has 0 heterocycles. The van der Waals surface area contributed by atoms with Gasteiger partial charge in [-0.1, -0.05) is 13.0 Å². The quantitative estimate of drug-likeness (QED) is 0.556. The van der Waals surface area contributed by atoms with Crippen LogP contribution < -0.4 is 0 Å². The second-order valence-electron chi connectivity index (χ2n) is 3.37. The maximum Gasteiger partial charge on any atom is 0.101 e. The number of nitriles is 1. The fraction of sp³-hybridized carbons (Fsp3) is 0.462. The first-order valence-corrected chi connectivity index (χ1v) is 7.58. The summed E-state index contributed by atoms with van der Waals surface area (Å²) in [6.07, 6.45) is 1.01. The van der Waals surface area contributed by atoms with Crippen LogP contribution >= 0.6 is 23.5 Å². The highest BCUT2D eigenvalue weighted by Crippen LogP contribution is 2.30. The van der Waals surface area contributed by atoms with Gasteiger partial charge in [-0.05, 0) is 24.3 Å². The van der Waals surface area contributed by atoms with E-state index in [0.29, 0.717) is 0 Å². The minimum atomic E-state index is 0.776. The van der Waals surface area contributed by atoms with Crippen LogP contribution in [0.5, 0.6) is 0 Å². The Balaban J connectivity index is 2.70. The molecule has 0 aliphatic heterocycles. The normalized spacial score (nSPS) is 10.2. The molecular formula is C13H17NOS2. The van der Waals surface area contributed by atoms with Crippen LogP contribution in [0.2, 0.25) is 0 Å². The van der Waals surface area contributed by atoms with Gasteiger partial charge in [0.1, 0.15) is 6.07 Å². The molecule has 1 aromatic rings. The van der Waals surface area contributed by atoms with Gasteiger partial charge in [0.25, 0.3) is 0 Å². The minimum absolute atomic E-state index is 0.776. The molecule has 0 spiro atoms. The van der Waals surface area contributed by atoms with Crippen molar-refractivity contribution >= 4 is 23.5 Å². The molecule has 0 atom stereocenters. The molecule has 0 saturated heterocycles. The summed E-state index contributed by atoms with van der Waals surface area (Å²) in [6.45, 7) is 2.88. The van der Waals surface area contributed by atoms with Gasteiger partial charge < -0.3 is 4.74 Å². The lowest BCUT2D eigenvalue weighted by molar-refractivity contribution is 0.200. The first-order chi connectivity index (χ1) is 8.33. The zero-order valence-corrected chi connectivity index (χ0v) is 11.9. The van der Waals surface area contributed by atoms with Crippen molar-refractivity contribution < 1.29 is 4.74 Å². The number of rotatable bonds is 7. The Kier molecular flexibility index (Phi) is 7.18. The van der Waals surface area contributed by atoms with Crippen LogP contribution in [0, 0.1) is 11.3 Å². The van der Waals surface area contributed by atoms with Crippen molar-refractivity contribution in [3.8, 4) is 6.07 Å². The summed E-state index contributed by atoms with van der Waals surface area (Å²) >= 11 is 3.46. The van der Waals surface area contributed by atoms with E-state index in [0.717, 1.165) is 39.9 Å². The molecule has 0 amide bonds. The van der Waals surface area contributed by atoms with Gasteiger partial charge in [-0.3, -0.25) is 0 Å². The molecule has 92 valence electrons. The molecule has 2 nitrogen and oxygen atoms in total. The zero-order valence-electron chi connectivity index (χ0n) is 10.2. The van der Waals surface area contributed by atoms with Crippen LogP contribution in [0.15, 0.2) is 28.0 Å². The highest BCUT2D eigenvalue weighted by atomic mass is 32.2. The van der Waals surface area contributed by atoms with Gasteiger partial charge in [0.15, 0.2) is 0 Å². The van der Waals surface area contributed by atoms with Gasteiger partial charge in [-0.25, -0.2) is 0 Å². The van der Waals surface area contributed by atoms with Gasteiger partial charge in [0, 0.05) is 29.3 Å². The fourth-order valence-corrected chi connectivity index (χ4v) is 3.21. The van der Waals surface area contributed by atoms with Crippen molar-refractivity contribution in [3.05, 3.63) is 23.8 Å². The Hall–Kier alpha value is -0.630. The van der Waals surface area contributed by atoms with Gasteiger partial charge in [0.2, 0.25) is 0 Å². The predicted molar refractivity (Wildman–Crippen MR) is 74.8 cm³/mol. The van der Waals surface area contributed by atoms with E-state index in [1.54, 1.807) is 30.6 Å². The monoisotopic (exact) mass is 267 g/mol. The van der Waals surface area contributed by atoms with Crippen LogP contribution in [0.1, 0.15) is 18.9 Å². The van der Waals surface area contributed by atoms with E-state index in [1.165, 1.54) is 0 Å². The Bertz CT molecular complexity index is 387. The number of methoxy groups -OCH3 is 1. The molecule has 4 heteroatoms. The lowest BCUT2D eigenvalue weighted by Gasteiger charge is -2.07. The number of nitrogens with zero attached hydrogens (tertiary/aromatic N) is 1. The number of hydrogen-bond acceptors (Lipinski definition) is 4. The topological polar surface area (TPSA) is 33.0 Å². The molecule has 0 N–H and O–H groups in total. The van der Waals surface area contributed by atoms with E-state index in [1.807, 2.05) is 18.2 Å². The van der Waals surface area contributed by atoms with Crippen LogP contribution in [-0.2, 0) is 4.74 Å². The van der Waals surface area contributed by atoms with Gasteiger partial charge in [-0.2, -0.15) is 5.26 Å². The standard InChI is InChI=1S/C13H17NOS2/c1-3-16-12-6-4-7-13(11(12)10-14)17-9-5-8-15-2/h4,6-7H,3,5,8-9H2,1-2H3. The van der Waals surface area contributed by atoms with E-state index in [4.69, 9.17) is 4.74 Å². The maximum absolute atomic E-state index is 9.23. The number of benzene rings is 1. The summed E-state index contributed by atoms with van der Waals surface area (Å²) in [6, 6.07) is 8.39. The van der Waals surface area contributed by atoms with Crippen LogP contribution in [0.3, 0.4) is 0 Å². The van der Waals surface area contributed by atoms with E-state index < -0.39 is 0 Å². The Labute approximate surface area is 112 Å². The van der Waals surface area contributed by atoms with Crippen molar-refractivity contribution in [2.45, 2.75) is 23.1 Å². The Morgan fingerprint density at radius 2 is 2.00 bits per heavy atom. The molecule has 0 fully saturated rings. The second kappa shape index (κ2) is 8.46. The maximum atomic E-state index is 9.23. The average molecular weight is 267 g/mol. The highest BCUT2D eigenvalue weighted by Gasteiger charge is 2.08. The Morgan fingerprint density at radius 3 is 2.59 bits per heavy atom. The van der Waals surface area contributed by atoms with Gasteiger partial charge in [-0.15, -0.1) is 23.5 Å². The molecule has 1 rings (SSSR count). The summed E-state index contributed by atoms with van der Waals surface area (Å²) in [4.78, 5) is 2.17. The molecule has 0 bridgehead atoms. The van der Waals surface area contributed by atoms with Crippen LogP contribution in [0.25, 0.3) is 0 Å². The lowest BCUT2D eigenvalue weighted by Crippen LogP contribution is -1.92. The summed E-state index contributed by atoms with van der Waals surface area (Å²) in [5, 5.41) is 9.23. The largest absolute Gasteiger partial charge is 0.385 e. The molecular weight excluding hydrogens is 250 g/mol. The van der Waals surface area contributed by atoms with E-state index in [-0.39, 0.29) is 0 Å². The third-order valence-electron chi connectivity index (χ3n) is 2.15. The summed E-state index contributed by atoms with van der Waals surface area (Å²) in [5.74, 6) is 1.98. The smallest absolute Gasteiger partial charge is 0.101 e. The number of ether oxygens (including phenoxy) is 1. The summed E-state index contributed by atoms with van der Waals surface area (Å²) in [7, 11) is 1.71. The SMILES string of the molecule is CCSc1cccc(SCCCOC)c1C#N. The third-order valence-corrected chi connectivity index (χ3v) is 4.23. The molecule has 0 aliphatic carbocycles. The molecule has 0 saturated carbocycles. The summed E-state index contributed by atoms with van der Waals surface area (Å²) < 4.78 is 5.02. The highest BCUT2D eigenvalue weighted by molar-refractivity contribution is 8.00. The molecule has 0 aromatic heterocycles. The van der Waals surface area contributed by atoms with Crippen molar-refractivity contribution in [2.24, 2.45) is 0 Å². The zero-order chi connectivity index (χ0) is 12.5. The molecule has 0 unspecified atom stereocenters. The van der Waals surface area contributed by atoms with Crippen molar-refractivity contribution in [2.75, 3.05) is 25.2 Å². The summed E-state index contributed by atoms with van der Waals surface area (Å²) in [5.41, 5.74) is 0.821. The predicted octanol–water partition coefficient (Wildman–Crippen LogP) is 3.80. The van der Waals surface area contributed by atoms with Gasteiger partial charge >= 0.3 is 0 Å². The van der Waals surface area contributed by atoms with Gasteiger partial charge in [0.05, 0.1) is 5.56 Å². The average Bonchev–Trinajstić information content (AvgIpc) is 2.35. The molecule has 1 aromatic carbocycles. The molecule has 17 heavy (non-hydrogen) atoms. The van der Waals surface area contributed by atoms with Crippen molar-refractivity contribution in [1.29, 1.82) is 5.26 Å². The number of hydrogen-bond donors (Lipinski definition) is 0. The fourth-order valence-electron chi connectivity index (χ4n) is 1.40. The minimum Gasteiger partial charge on any atom is -0.385 e. The van der Waals surface area contributed by atoms with Crippen molar-refractivity contribution in [3.63, 3.8) is 0 Å². The van der Waals surface area contributed by atoms with E-state index in [2.05, 4.69) is 13.0 Å². The van der Waals surface area contributed by atoms with E-state index >= 15 is 0 Å². The number of thioether (sulfide) groups is 2. The van der Waals surface area contributed by atoms with E-state index in [9.17, 15) is 5.26 Å². The van der Waals surface area contributed by atoms with Crippen LogP contribution in [-0.4, -0.2) is 25.2 Å². The molecule has 0 radical (unpaired) electrons. The lowest BCUT2D eigenvalue weighted by atomic mass is 10.2. The second-order valence-corrected chi connectivity index (χ2v) is 5.81. The third kappa shape index (κ3) is 4.63. The first-order valence-electron chi connectivity index (χ1n) is 5.61. The van der Waals surface area contributed by atoms with Crippen molar-refractivity contribution in [1.82, 2.24) is 0 Å². The Morgan fingerprint density at radius 1 is 1.29 bits per heavy atom. The van der Waals surface area contributed by atoms with Crippen LogP contribution in [0.4, 0.5) is 0 Å².